The van der Waals surface area contributed by atoms with Crippen LogP contribution in [0, 0.1) is 0 Å². The zero-order chi connectivity index (χ0) is 21.4. The number of benzene rings is 1. The molecule has 0 radical (unpaired) electrons. The Balaban J connectivity index is 2.57. The summed E-state index contributed by atoms with van der Waals surface area (Å²) in [6.45, 7) is 9.02. The highest BCUT2D eigenvalue weighted by atomic mass is 35.5. The van der Waals surface area contributed by atoms with Crippen molar-refractivity contribution in [3.8, 4) is 11.5 Å². The number of rotatable bonds is 10. The van der Waals surface area contributed by atoms with Crippen LogP contribution in [0.15, 0.2) is 23.4 Å². The van der Waals surface area contributed by atoms with E-state index in [9.17, 15) is 4.79 Å². The molecule has 1 aromatic rings. The summed E-state index contributed by atoms with van der Waals surface area (Å²) >= 11 is 11.9. The van der Waals surface area contributed by atoms with Crippen molar-refractivity contribution in [1.82, 2.24) is 10.6 Å². The first-order chi connectivity index (χ1) is 14.0. The van der Waals surface area contributed by atoms with Crippen LogP contribution >= 0.6 is 23.8 Å². The predicted molar refractivity (Wildman–Crippen MR) is 119 cm³/mol. The third-order valence-corrected chi connectivity index (χ3v) is 4.77. The Kier molecular flexibility index (Phi) is 9.04. The van der Waals surface area contributed by atoms with E-state index >= 15 is 0 Å². The molecule has 0 bridgehead atoms. The first-order valence-electron chi connectivity index (χ1n) is 10.0. The molecule has 29 heavy (non-hydrogen) atoms. The Bertz CT molecular complexity index is 782. The van der Waals surface area contributed by atoms with E-state index < -0.39 is 6.04 Å². The van der Waals surface area contributed by atoms with Crippen LogP contribution in [0.1, 0.15) is 58.6 Å². The molecule has 2 N–H and O–H groups in total. The second-order valence-electron chi connectivity index (χ2n) is 6.51. The van der Waals surface area contributed by atoms with Gasteiger partial charge in [0.25, 0.3) is 0 Å². The summed E-state index contributed by atoms with van der Waals surface area (Å²) in [5.41, 5.74) is 2.02. The standard InChI is InChI=1S/C21H29ClN2O4S/c1-5-9-15-17(20(25)27-8-4)18(24-21(29)23-15)13-11-14(22)19(28-10-6-2)16(12-13)26-7-3/h11-12,18H,5-10H2,1-4H3,(H2,23,24,29)/t18-/m0/s1. The van der Waals surface area contributed by atoms with E-state index in [0.717, 1.165) is 24.1 Å². The van der Waals surface area contributed by atoms with Crippen LogP contribution in [0.4, 0.5) is 0 Å². The zero-order valence-electron chi connectivity index (χ0n) is 17.4. The number of carbonyl (C=O) groups is 1. The topological polar surface area (TPSA) is 68.8 Å². The maximum Gasteiger partial charge on any atom is 0.338 e. The second kappa shape index (κ2) is 11.3. The lowest BCUT2D eigenvalue weighted by atomic mass is 9.93. The van der Waals surface area contributed by atoms with Crippen LogP contribution in [0.25, 0.3) is 0 Å². The Hall–Kier alpha value is -1.99. The quantitative estimate of drug-likeness (QED) is 0.405. The average Bonchev–Trinajstić information content (AvgIpc) is 2.67. The minimum absolute atomic E-state index is 0.285. The Morgan fingerprint density at radius 2 is 1.90 bits per heavy atom. The minimum atomic E-state index is -0.499. The van der Waals surface area contributed by atoms with Gasteiger partial charge >= 0.3 is 5.97 Å². The summed E-state index contributed by atoms with van der Waals surface area (Å²) < 4.78 is 16.9. The number of esters is 1. The van der Waals surface area contributed by atoms with Gasteiger partial charge in [0.2, 0.25) is 0 Å². The van der Waals surface area contributed by atoms with E-state index in [1.807, 2.05) is 26.8 Å². The molecule has 1 aromatic carbocycles. The third-order valence-electron chi connectivity index (χ3n) is 4.26. The molecule has 0 unspecified atom stereocenters. The molecule has 0 amide bonds. The van der Waals surface area contributed by atoms with Gasteiger partial charge < -0.3 is 24.8 Å². The van der Waals surface area contributed by atoms with Crippen molar-refractivity contribution in [1.29, 1.82) is 0 Å². The monoisotopic (exact) mass is 440 g/mol. The molecule has 0 aliphatic carbocycles. The van der Waals surface area contributed by atoms with Crippen LogP contribution in [0.5, 0.6) is 11.5 Å². The van der Waals surface area contributed by atoms with Gasteiger partial charge in [0.1, 0.15) is 0 Å². The van der Waals surface area contributed by atoms with Crippen molar-refractivity contribution in [2.75, 3.05) is 19.8 Å². The molecule has 0 saturated carbocycles. The van der Waals surface area contributed by atoms with Crippen LogP contribution in [-0.2, 0) is 9.53 Å². The molecule has 0 saturated heterocycles. The number of ether oxygens (including phenoxy) is 3. The molecule has 160 valence electrons. The van der Waals surface area contributed by atoms with Gasteiger partial charge in [0, 0.05) is 5.70 Å². The average molecular weight is 441 g/mol. The first kappa shape index (κ1) is 23.3. The van der Waals surface area contributed by atoms with Crippen molar-refractivity contribution in [3.63, 3.8) is 0 Å². The molecule has 1 aliphatic rings. The largest absolute Gasteiger partial charge is 0.490 e. The molecular weight excluding hydrogens is 412 g/mol. The summed E-state index contributed by atoms with van der Waals surface area (Å²) in [5, 5.41) is 7.16. The predicted octanol–water partition coefficient (Wildman–Crippen LogP) is 4.66. The van der Waals surface area contributed by atoms with Crippen molar-refractivity contribution in [3.05, 3.63) is 34.0 Å². The fraction of sp³-hybridized carbons (Fsp3) is 0.524. The van der Waals surface area contributed by atoms with Crippen molar-refractivity contribution in [2.24, 2.45) is 0 Å². The number of hydrogen-bond donors (Lipinski definition) is 2. The highest BCUT2D eigenvalue weighted by molar-refractivity contribution is 7.80. The fourth-order valence-electron chi connectivity index (χ4n) is 3.13. The van der Waals surface area contributed by atoms with Gasteiger partial charge in [-0.05, 0) is 56.6 Å². The second-order valence-corrected chi connectivity index (χ2v) is 7.32. The van der Waals surface area contributed by atoms with Gasteiger partial charge in [-0.1, -0.05) is 31.9 Å². The Labute approximate surface area is 182 Å². The lowest BCUT2D eigenvalue weighted by Gasteiger charge is -2.31. The van der Waals surface area contributed by atoms with Gasteiger partial charge in [0.05, 0.1) is 36.5 Å². The van der Waals surface area contributed by atoms with Gasteiger partial charge in [-0.15, -0.1) is 0 Å². The first-order valence-corrected chi connectivity index (χ1v) is 10.8. The van der Waals surface area contributed by atoms with E-state index in [1.165, 1.54) is 0 Å². The molecule has 8 heteroatoms. The Morgan fingerprint density at radius 3 is 2.52 bits per heavy atom. The highest BCUT2D eigenvalue weighted by Gasteiger charge is 2.33. The van der Waals surface area contributed by atoms with Crippen molar-refractivity contribution < 1.29 is 19.0 Å². The molecule has 1 aliphatic heterocycles. The van der Waals surface area contributed by atoms with Crippen LogP contribution in [-0.4, -0.2) is 30.9 Å². The zero-order valence-corrected chi connectivity index (χ0v) is 19.0. The normalized spacial score (nSPS) is 16.2. The maximum atomic E-state index is 12.8. The van der Waals surface area contributed by atoms with Crippen LogP contribution in [0.2, 0.25) is 5.02 Å². The highest BCUT2D eigenvalue weighted by Crippen LogP contribution is 2.40. The summed E-state index contributed by atoms with van der Waals surface area (Å²) in [5.74, 6) is 0.657. The van der Waals surface area contributed by atoms with Crippen LogP contribution < -0.4 is 20.1 Å². The minimum Gasteiger partial charge on any atom is -0.490 e. The fourth-order valence-corrected chi connectivity index (χ4v) is 3.64. The summed E-state index contributed by atoms with van der Waals surface area (Å²) in [6, 6.07) is 3.12. The number of allylic oxidation sites excluding steroid dienone is 1. The molecule has 6 nitrogen and oxygen atoms in total. The number of hydrogen-bond acceptors (Lipinski definition) is 5. The van der Waals surface area contributed by atoms with Crippen LogP contribution in [0.3, 0.4) is 0 Å². The molecule has 2 rings (SSSR count). The summed E-state index contributed by atoms with van der Waals surface area (Å²) in [6.07, 6.45) is 2.38. The SMILES string of the molecule is CCCOc1c(Cl)cc([C@@H]2NC(=S)NC(CCC)=C2C(=O)OCC)cc1OCC. The number of thiocarbonyl (C=S) groups is 1. The molecule has 0 spiro atoms. The van der Waals surface area contributed by atoms with E-state index in [4.69, 9.17) is 38.0 Å². The van der Waals surface area contributed by atoms with E-state index in [2.05, 4.69) is 10.6 Å². The number of carbonyl (C=O) groups excluding carboxylic acids is 1. The van der Waals surface area contributed by atoms with Gasteiger partial charge in [-0.25, -0.2) is 4.79 Å². The maximum absolute atomic E-state index is 12.8. The molecule has 1 atom stereocenters. The van der Waals surface area contributed by atoms with E-state index in [1.54, 1.807) is 13.0 Å². The van der Waals surface area contributed by atoms with Gasteiger partial charge in [-0.3, -0.25) is 0 Å². The molecule has 1 heterocycles. The van der Waals surface area contributed by atoms with E-state index in [0.29, 0.717) is 46.8 Å². The number of halogens is 1. The van der Waals surface area contributed by atoms with Crippen molar-refractivity contribution >= 4 is 34.9 Å². The smallest absolute Gasteiger partial charge is 0.338 e. The van der Waals surface area contributed by atoms with Gasteiger partial charge in [0.15, 0.2) is 16.6 Å². The lowest BCUT2D eigenvalue weighted by molar-refractivity contribution is -0.139. The molecule has 0 aromatic heterocycles. The molecular formula is C21H29ClN2O4S. The summed E-state index contributed by atoms with van der Waals surface area (Å²) in [7, 11) is 0. The Morgan fingerprint density at radius 1 is 1.14 bits per heavy atom. The third kappa shape index (κ3) is 5.76. The number of nitrogens with one attached hydrogen (secondary N) is 2. The van der Waals surface area contributed by atoms with Crippen molar-refractivity contribution in [2.45, 2.75) is 53.0 Å². The molecule has 0 fully saturated rings. The lowest BCUT2D eigenvalue weighted by Crippen LogP contribution is -2.45. The summed E-state index contributed by atoms with van der Waals surface area (Å²) in [4.78, 5) is 12.8. The van der Waals surface area contributed by atoms with Gasteiger partial charge in [-0.2, -0.15) is 0 Å². The van der Waals surface area contributed by atoms with E-state index in [-0.39, 0.29) is 12.6 Å².